The Hall–Kier alpha value is -2.23. The highest BCUT2D eigenvalue weighted by atomic mass is 19.4. The van der Waals surface area contributed by atoms with Crippen molar-refractivity contribution in [3.63, 3.8) is 0 Å². The lowest BCUT2D eigenvalue weighted by molar-refractivity contribution is -0.138. The molecule has 0 N–H and O–H groups in total. The highest BCUT2D eigenvalue weighted by molar-refractivity contribution is 5.42. The Morgan fingerprint density at radius 2 is 1.92 bits per heavy atom. The van der Waals surface area contributed by atoms with Gasteiger partial charge in [0.25, 0.3) is 0 Å². The lowest BCUT2D eigenvalue weighted by atomic mass is 10.2. The number of hydrogen-bond donors (Lipinski definition) is 0. The van der Waals surface area contributed by atoms with Crippen molar-refractivity contribution in [1.82, 2.24) is 20.0 Å². The second-order valence-electron chi connectivity index (χ2n) is 5.52. The van der Waals surface area contributed by atoms with Crippen molar-refractivity contribution in [1.29, 1.82) is 0 Å². The van der Waals surface area contributed by atoms with Crippen LogP contribution in [0.25, 0.3) is 0 Å². The van der Waals surface area contributed by atoms with Crippen LogP contribution >= 0.6 is 0 Å². The third kappa shape index (κ3) is 3.64. The van der Waals surface area contributed by atoms with Gasteiger partial charge in [-0.2, -0.15) is 18.2 Å². The Labute approximate surface area is 135 Å². The monoisotopic (exact) mass is 345 g/mol. The molecule has 2 aromatic heterocycles. The third-order valence-corrected chi connectivity index (χ3v) is 3.76. The van der Waals surface area contributed by atoms with E-state index in [4.69, 9.17) is 4.52 Å². The molecule has 24 heavy (non-hydrogen) atoms. The number of halogens is 4. The molecule has 0 saturated carbocycles. The molecule has 0 amide bonds. The summed E-state index contributed by atoms with van der Waals surface area (Å²) in [5, 5.41) is 3.81. The summed E-state index contributed by atoms with van der Waals surface area (Å²) < 4.78 is 56.5. The number of anilines is 1. The summed E-state index contributed by atoms with van der Waals surface area (Å²) in [5.41, 5.74) is -1.09. The molecular formula is C14H15F4N5O. The standard InChI is InChI=1S/C14H15F4N5O/c1-9-20-12(21-24-9)8-22-2-4-23(5-3-22)13-11(15)6-10(7-19-13)14(16,17)18/h6-7H,2-5,8H2,1H3. The van der Waals surface area contributed by atoms with Crippen molar-refractivity contribution < 1.29 is 22.1 Å². The molecule has 0 bridgehead atoms. The Bertz CT molecular complexity index is 709. The molecule has 0 radical (unpaired) electrons. The van der Waals surface area contributed by atoms with Gasteiger partial charge in [-0.15, -0.1) is 0 Å². The second-order valence-corrected chi connectivity index (χ2v) is 5.52. The van der Waals surface area contributed by atoms with Crippen LogP contribution in [0.2, 0.25) is 0 Å². The first-order chi connectivity index (χ1) is 11.3. The smallest absolute Gasteiger partial charge is 0.352 e. The molecule has 1 fully saturated rings. The van der Waals surface area contributed by atoms with Crippen LogP contribution in [-0.4, -0.2) is 46.2 Å². The van der Waals surface area contributed by atoms with Gasteiger partial charge in [-0.25, -0.2) is 9.37 Å². The van der Waals surface area contributed by atoms with E-state index in [2.05, 4.69) is 20.0 Å². The Balaban J connectivity index is 1.62. The van der Waals surface area contributed by atoms with Crippen molar-refractivity contribution in [2.75, 3.05) is 31.1 Å². The van der Waals surface area contributed by atoms with Crippen molar-refractivity contribution in [2.45, 2.75) is 19.6 Å². The highest BCUT2D eigenvalue weighted by Crippen LogP contribution is 2.31. The number of aromatic nitrogens is 3. The lowest BCUT2D eigenvalue weighted by Gasteiger charge is -2.34. The number of alkyl halides is 3. The summed E-state index contributed by atoms with van der Waals surface area (Å²) in [6, 6.07) is 0.483. The zero-order valence-corrected chi connectivity index (χ0v) is 12.8. The molecule has 130 valence electrons. The van der Waals surface area contributed by atoms with Gasteiger partial charge in [0, 0.05) is 39.3 Å². The first kappa shape index (κ1) is 16.6. The van der Waals surface area contributed by atoms with Crippen molar-refractivity contribution in [2.24, 2.45) is 0 Å². The number of rotatable bonds is 3. The van der Waals surface area contributed by atoms with Gasteiger partial charge in [0.1, 0.15) is 0 Å². The van der Waals surface area contributed by atoms with Gasteiger partial charge in [0.05, 0.1) is 12.1 Å². The summed E-state index contributed by atoms with van der Waals surface area (Å²) in [5.74, 6) is 0.0320. The van der Waals surface area contributed by atoms with E-state index < -0.39 is 17.6 Å². The number of piperazine rings is 1. The van der Waals surface area contributed by atoms with Gasteiger partial charge >= 0.3 is 6.18 Å². The molecule has 1 saturated heterocycles. The van der Waals surface area contributed by atoms with E-state index in [1.165, 1.54) is 0 Å². The average Bonchev–Trinajstić information content (AvgIpc) is 2.92. The van der Waals surface area contributed by atoms with Gasteiger partial charge in [0.15, 0.2) is 17.5 Å². The molecular weight excluding hydrogens is 330 g/mol. The molecule has 10 heteroatoms. The average molecular weight is 345 g/mol. The molecule has 6 nitrogen and oxygen atoms in total. The van der Waals surface area contributed by atoms with Crippen LogP contribution in [0.5, 0.6) is 0 Å². The van der Waals surface area contributed by atoms with Crippen LogP contribution < -0.4 is 4.90 Å². The Morgan fingerprint density at radius 3 is 2.46 bits per heavy atom. The summed E-state index contributed by atoms with van der Waals surface area (Å²) in [6.45, 7) is 4.30. The fourth-order valence-corrected chi connectivity index (χ4v) is 2.54. The fourth-order valence-electron chi connectivity index (χ4n) is 2.54. The van der Waals surface area contributed by atoms with E-state index in [0.717, 1.165) is 0 Å². The highest BCUT2D eigenvalue weighted by Gasteiger charge is 2.32. The first-order valence-corrected chi connectivity index (χ1v) is 7.32. The maximum absolute atomic E-state index is 14.0. The molecule has 0 aliphatic carbocycles. The zero-order valence-electron chi connectivity index (χ0n) is 12.8. The third-order valence-electron chi connectivity index (χ3n) is 3.76. The predicted molar refractivity (Wildman–Crippen MR) is 75.7 cm³/mol. The number of pyridine rings is 1. The van der Waals surface area contributed by atoms with Crippen molar-refractivity contribution in [3.8, 4) is 0 Å². The normalized spacial score (nSPS) is 16.6. The maximum Gasteiger partial charge on any atom is 0.417 e. The number of hydrogen-bond acceptors (Lipinski definition) is 6. The van der Waals surface area contributed by atoms with Crippen LogP contribution in [-0.2, 0) is 12.7 Å². The van der Waals surface area contributed by atoms with E-state index in [9.17, 15) is 17.6 Å². The molecule has 2 aromatic rings. The van der Waals surface area contributed by atoms with E-state index >= 15 is 0 Å². The largest absolute Gasteiger partial charge is 0.417 e. The molecule has 3 heterocycles. The van der Waals surface area contributed by atoms with E-state index in [1.807, 2.05) is 0 Å². The minimum absolute atomic E-state index is 0.0574. The minimum Gasteiger partial charge on any atom is -0.352 e. The summed E-state index contributed by atoms with van der Waals surface area (Å²) >= 11 is 0. The molecule has 0 unspecified atom stereocenters. The zero-order chi connectivity index (χ0) is 17.3. The summed E-state index contributed by atoms with van der Waals surface area (Å²) in [7, 11) is 0. The second kappa shape index (κ2) is 6.34. The van der Waals surface area contributed by atoms with Crippen LogP contribution in [0.1, 0.15) is 17.3 Å². The van der Waals surface area contributed by atoms with Gasteiger partial charge in [-0.1, -0.05) is 5.16 Å². The maximum atomic E-state index is 14.0. The number of nitrogens with zero attached hydrogens (tertiary/aromatic N) is 5. The predicted octanol–water partition coefficient (Wildman–Crippen LogP) is 2.25. The van der Waals surface area contributed by atoms with Gasteiger partial charge in [-0.3, -0.25) is 4.90 Å². The molecule has 1 aliphatic rings. The summed E-state index contributed by atoms with van der Waals surface area (Å²) in [6.07, 6.45) is -3.94. The fraction of sp³-hybridized carbons (Fsp3) is 0.500. The number of aryl methyl sites for hydroxylation is 1. The SMILES string of the molecule is Cc1nc(CN2CCN(c3ncc(C(F)(F)F)cc3F)CC2)no1. The summed E-state index contributed by atoms with van der Waals surface area (Å²) in [4.78, 5) is 11.5. The van der Waals surface area contributed by atoms with Gasteiger partial charge in [0.2, 0.25) is 5.89 Å². The Morgan fingerprint density at radius 1 is 1.21 bits per heavy atom. The van der Waals surface area contributed by atoms with Crippen LogP contribution in [0.3, 0.4) is 0 Å². The first-order valence-electron chi connectivity index (χ1n) is 7.32. The molecule has 0 spiro atoms. The minimum atomic E-state index is -4.60. The van der Waals surface area contributed by atoms with Gasteiger partial charge in [-0.05, 0) is 6.07 Å². The van der Waals surface area contributed by atoms with Gasteiger partial charge < -0.3 is 9.42 Å². The van der Waals surface area contributed by atoms with Crippen molar-refractivity contribution >= 4 is 5.82 Å². The van der Waals surface area contributed by atoms with Crippen LogP contribution in [0, 0.1) is 12.7 Å². The van der Waals surface area contributed by atoms with E-state index in [1.54, 1.807) is 11.8 Å². The molecule has 1 aliphatic heterocycles. The van der Waals surface area contributed by atoms with Crippen LogP contribution in [0.15, 0.2) is 16.8 Å². The van der Waals surface area contributed by atoms with Crippen LogP contribution in [0.4, 0.5) is 23.4 Å². The topological polar surface area (TPSA) is 58.3 Å². The van der Waals surface area contributed by atoms with E-state index in [0.29, 0.717) is 56.7 Å². The molecule has 0 atom stereocenters. The lowest BCUT2D eigenvalue weighted by Crippen LogP contribution is -2.46. The molecule has 3 rings (SSSR count). The quantitative estimate of drug-likeness (QED) is 0.796. The molecule has 0 aromatic carbocycles. The van der Waals surface area contributed by atoms with E-state index in [-0.39, 0.29) is 5.82 Å². The van der Waals surface area contributed by atoms with Crippen molar-refractivity contribution in [3.05, 3.63) is 35.4 Å². The Kier molecular flexibility index (Phi) is 4.39.